The van der Waals surface area contributed by atoms with Crippen LogP contribution in [-0.4, -0.2) is 13.1 Å². The smallest absolute Gasteiger partial charge is 0.308 e. The summed E-state index contributed by atoms with van der Waals surface area (Å²) in [5, 5.41) is 17.4. The van der Waals surface area contributed by atoms with Gasteiger partial charge in [0.1, 0.15) is 17.7 Å². The molecule has 96 valence electrons. The molecule has 0 saturated carbocycles. The summed E-state index contributed by atoms with van der Waals surface area (Å²) >= 11 is 3.25. The Morgan fingerprint density at radius 2 is 2.00 bits per heavy atom. The molecule has 6 heteroatoms. The molecule has 1 rings (SSSR count). The highest BCUT2D eigenvalue weighted by Crippen LogP contribution is 2.37. The normalized spacial score (nSPS) is 8.89. The molecule has 0 spiro atoms. The molecule has 0 amide bonds. The SMILES string of the molecule is COc1cc(C=C(C#N)C#N)cc(Br)c1OC(C)=O. The number of hydrogen-bond donors (Lipinski definition) is 0. The molecule has 0 aliphatic heterocycles. The maximum absolute atomic E-state index is 11.0. The number of esters is 1. The minimum Gasteiger partial charge on any atom is -0.493 e. The lowest BCUT2D eigenvalue weighted by atomic mass is 10.1. The van der Waals surface area contributed by atoms with Gasteiger partial charge in [0.05, 0.1) is 11.6 Å². The van der Waals surface area contributed by atoms with E-state index < -0.39 is 5.97 Å². The van der Waals surface area contributed by atoms with Crippen LogP contribution in [0.25, 0.3) is 6.08 Å². The van der Waals surface area contributed by atoms with Crippen molar-refractivity contribution in [3.8, 4) is 23.6 Å². The van der Waals surface area contributed by atoms with E-state index in [1.54, 1.807) is 24.3 Å². The predicted octanol–water partition coefficient (Wildman–Crippen LogP) is 2.81. The van der Waals surface area contributed by atoms with Gasteiger partial charge in [-0.25, -0.2) is 0 Å². The van der Waals surface area contributed by atoms with Crippen molar-refractivity contribution in [2.75, 3.05) is 7.11 Å². The van der Waals surface area contributed by atoms with Crippen LogP contribution in [-0.2, 0) is 4.79 Å². The van der Waals surface area contributed by atoms with E-state index in [-0.39, 0.29) is 11.3 Å². The van der Waals surface area contributed by atoms with E-state index in [2.05, 4.69) is 15.9 Å². The van der Waals surface area contributed by atoms with Gasteiger partial charge >= 0.3 is 5.97 Å². The summed E-state index contributed by atoms with van der Waals surface area (Å²) in [6.07, 6.45) is 1.41. The zero-order valence-electron chi connectivity index (χ0n) is 10.2. The van der Waals surface area contributed by atoms with Gasteiger partial charge in [0.15, 0.2) is 11.5 Å². The van der Waals surface area contributed by atoms with Crippen LogP contribution in [0.4, 0.5) is 0 Å². The van der Waals surface area contributed by atoms with Gasteiger partial charge < -0.3 is 9.47 Å². The second-order valence-electron chi connectivity index (χ2n) is 3.41. The molecule has 0 aromatic heterocycles. The highest BCUT2D eigenvalue weighted by molar-refractivity contribution is 9.10. The largest absolute Gasteiger partial charge is 0.493 e. The monoisotopic (exact) mass is 320 g/mol. The Hall–Kier alpha value is -2.31. The van der Waals surface area contributed by atoms with E-state index in [9.17, 15) is 4.79 Å². The van der Waals surface area contributed by atoms with E-state index in [4.69, 9.17) is 20.0 Å². The van der Waals surface area contributed by atoms with Gasteiger partial charge in [-0.2, -0.15) is 10.5 Å². The minimum absolute atomic E-state index is 0.0332. The van der Waals surface area contributed by atoms with Crippen molar-refractivity contribution >= 4 is 28.0 Å². The van der Waals surface area contributed by atoms with Gasteiger partial charge in [0.25, 0.3) is 0 Å². The summed E-state index contributed by atoms with van der Waals surface area (Å²) in [4.78, 5) is 11.0. The number of carbonyl (C=O) groups excluding carboxylic acids is 1. The van der Waals surface area contributed by atoms with E-state index in [1.807, 2.05) is 0 Å². The van der Waals surface area contributed by atoms with Gasteiger partial charge in [-0.3, -0.25) is 4.79 Å². The summed E-state index contributed by atoms with van der Waals surface area (Å²) < 4.78 is 10.6. The molecule has 0 atom stereocenters. The Labute approximate surface area is 118 Å². The molecule has 0 N–H and O–H groups in total. The Morgan fingerprint density at radius 3 is 2.47 bits per heavy atom. The topological polar surface area (TPSA) is 83.1 Å². The van der Waals surface area contributed by atoms with E-state index >= 15 is 0 Å². The molecule has 0 radical (unpaired) electrons. The molecule has 19 heavy (non-hydrogen) atoms. The van der Waals surface area contributed by atoms with Crippen LogP contribution < -0.4 is 9.47 Å². The number of benzene rings is 1. The molecule has 0 aliphatic rings. The number of nitrogens with zero attached hydrogens (tertiary/aromatic N) is 2. The number of halogens is 1. The number of ether oxygens (including phenoxy) is 2. The Morgan fingerprint density at radius 1 is 1.37 bits per heavy atom. The van der Waals surface area contributed by atoms with Crippen molar-refractivity contribution in [1.82, 2.24) is 0 Å². The highest BCUT2D eigenvalue weighted by atomic mass is 79.9. The summed E-state index contributed by atoms with van der Waals surface area (Å²) in [5.41, 5.74) is 0.548. The molecule has 0 bridgehead atoms. The molecule has 1 aromatic rings. The van der Waals surface area contributed by atoms with E-state index in [0.717, 1.165) is 0 Å². The third-order valence-corrected chi connectivity index (χ3v) is 2.64. The third-order valence-electron chi connectivity index (χ3n) is 2.05. The number of carbonyl (C=O) groups is 1. The van der Waals surface area contributed by atoms with Crippen molar-refractivity contribution in [2.24, 2.45) is 0 Å². The van der Waals surface area contributed by atoms with Crippen LogP contribution in [0.5, 0.6) is 11.5 Å². The van der Waals surface area contributed by atoms with Crippen molar-refractivity contribution in [3.05, 3.63) is 27.7 Å². The Bertz CT molecular complexity index is 608. The van der Waals surface area contributed by atoms with Crippen LogP contribution >= 0.6 is 15.9 Å². The maximum atomic E-state index is 11.0. The highest BCUT2D eigenvalue weighted by Gasteiger charge is 2.13. The fourth-order valence-electron chi connectivity index (χ4n) is 1.32. The second kappa shape index (κ2) is 6.58. The van der Waals surface area contributed by atoms with Gasteiger partial charge in [-0.15, -0.1) is 0 Å². The molecule has 0 unspecified atom stereocenters. The quantitative estimate of drug-likeness (QED) is 0.485. The van der Waals surface area contributed by atoms with Gasteiger partial charge in [-0.1, -0.05) is 0 Å². The molecule has 0 saturated heterocycles. The maximum Gasteiger partial charge on any atom is 0.308 e. The zero-order valence-corrected chi connectivity index (χ0v) is 11.8. The first kappa shape index (κ1) is 14.7. The van der Waals surface area contributed by atoms with Crippen LogP contribution in [0, 0.1) is 22.7 Å². The van der Waals surface area contributed by atoms with E-state index in [0.29, 0.717) is 15.8 Å². The van der Waals surface area contributed by atoms with Crippen molar-refractivity contribution in [2.45, 2.75) is 6.92 Å². The van der Waals surface area contributed by atoms with Gasteiger partial charge in [0.2, 0.25) is 0 Å². The van der Waals surface area contributed by atoms with E-state index in [1.165, 1.54) is 20.1 Å². The van der Waals surface area contributed by atoms with Crippen LogP contribution in [0.15, 0.2) is 22.2 Å². The fraction of sp³-hybridized carbons (Fsp3) is 0.154. The summed E-state index contributed by atoms with van der Waals surface area (Å²) in [6, 6.07) is 6.71. The molecule has 0 heterocycles. The van der Waals surface area contributed by atoms with Gasteiger partial charge in [-0.05, 0) is 39.7 Å². The average Bonchev–Trinajstić information content (AvgIpc) is 2.38. The minimum atomic E-state index is -0.475. The molecular weight excluding hydrogens is 312 g/mol. The Balaban J connectivity index is 3.32. The summed E-state index contributed by atoms with van der Waals surface area (Å²) in [7, 11) is 1.43. The first-order valence-electron chi connectivity index (χ1n) is 5.09. The number of methoxy groups -OCH3 is 1. The number of hydrogen-bond acceptors (Lipinski definition) is 5. The molecule has 0 aliphatic carbocycles. The molecule has 5 nitrogen and oxygen atoms in total. The first-order valence-corrected chi connectivity index (χ1v) is 5.89. The Kier molecular flexibility index (Phi) is 5.11. The standard InChI is InChI=1S/C13H9BrN2O3/c1-8(17)19-13-11(14)4-9(5-12(13)18-2)3-10(6-15)7-16/h3-5H,1-2H3. The zero-order chi connectivity index (χ0) is 14.4. The van der Waals surface area contributed by atoms with Crippen molar-refractivity contribution in [1.29, 1.82) is 10.5 Å². The number of rotatable bonds is 3. The van der Waals surface area contributed by atoms with Crippen LogP contribution in [0.1, 0.15) is 12.5 Å². The summed E-state index contributed by atoms with van der Waals surface area (Å²) in [5.74, 6) is 0.103. The van der Waals surface area contributed by atoms with Crippen LogP contribution in [0.3, 0.4) is 0 Å². The average molecular weight is 321 g/mol. The number of nitriles is 2. The lowest BCUT2D eigenvalue weighted by Crippen LogP contribution is -2.04. The second-order valence-corrected chi connectivity index (χ2v) is 4.26. The molecular formula is C13H9BrN2O3. The van der Waals surface area contributed by atoms with Crippen molar-refractivity contribution < 1.29 is 14.3 Å². The van der Waals surface area contributed by atoms with Crippen LogP contribution in [0.2, 0.25) is 0 Å². The lowest BCUT2D eigenvalue weighted by Gasteiger charge is -2.11. The third kappa shape index (κ3) is 3.84. The molecule has 1 aromatic carbocycles. The predicted molar refractivity (Wildman–Crippen MR) is 71.2 cm³/mol. The molecule has 0 fully saturated rings. The lowest BCUT2D eigenvalue weighted by molar-refractivity contribution is -0.132. The number of allylic oxidation sites excluding steroid dienone is 1. The summed E-state index contributed by atoms with van der Waals surface area (Å²) in [6.45, 7) is 1.28. The fourth-order valence-corrected chi connectivity index (χ4v) is 1.86. The first-order chi connectivity index (χ1) is 9.01. The van der Waals surface area contributed by atoms with Crippen molar-refractivity contribution in [3.63, 3.8) is 0 Å². The van der Waals surface area contributed by atoms with Gasteiger partial charge in [0, 0.05) is 6.92 Å².